The normalized spacial score (nSPS) is 13.2. The molecule has 0 saturated heterocycles. The molecule has 0 aromatic heterocycles. The van der Waals surface area contributed by atoms with Crippen LogP contribution in [0.15, 0.2) is 0 Å². The van der Waals surface area contributed by atoms with Gasteiger partial charge >= 0.3 is 0 Å². The summed E-state index contributed by atoms with van der Waals surface area (Å²) in [6.07, 6.45) is -4.34. The smallest absolute Gasteiger partial charge is 0.224 e. The summed E-state index contributed by atoms with van der Waals surface area (Å²) < 4.78 is 0.977. The molecule has 0 spiro atoms. The zero-order valence-electron chi connectivity index (χ0n) is 17.7. The third-order valence-corrected chi connectivity index (χ3v) is 7.86. The van der Waals surface area contributed by atoms with Crippen molar-refractivity contribution in [1.29, 1.82) is 0 Å². The second kappa shape index (κ2) is 14.5. The summed E-state index contributed by atoms with van der Waals surface area (Å²) >= 11 is 5.59. The lowest BCUT2D eigenvalue weighted by Crippen LogP contribution is -2.38. The van der Waals surface area contributed by atoms with Gasteiger partial charge in [-0.15, -0.1) is 0 Å². The minimum atomic E-state index is -1.86. The number of hydrogen-bond acceptors (Lipinski definition) is 9. The van der Waals surface area contributed by atoms with Gasteiger partial charge in [0.25, 0.3) is 0 Å². The van der Waals surface area contributed by atoms with E-state index in [2.05, 4.69) is 0 Å². The maximum Gasteiger partial charge on any atom is 0.224 e. The summed E-state index contributed by atoms with van der Waals surface area (Å²) in [4.78, 5) is 39.6. The lowest BCUT2D eigenvalue weighted by atomic mass is 9.97. The number of aliphatic hydroxyl groups excluding tert-OH is 5. The van der Waals surface area contributed by atoms with E-state index in [4.69, 9.17) is 10.2 Å². The van der Waals surface area contributed by atoms with Crippen LogP contribution >= 0.6 is 67.8 Å². The van der Waals surface area contributed by atoms with E-state index < -0.39 is 55.7 Å². The number of halogens is 3. The van der Waals surface area contributed by atoms with Crippen molar-refractivity contribution in [3.05, 3.63) is 21.8 Å². The molecule has 0 aliphatic heterocycles. The van der Waals surface area contributed by atoms with Crippen LogP contribution in [0.2, 0.25) is 0 Å². The number of hydrogen-bond donors (Lipinski definition) is 6. The van der Waals surface area contributed by atoms with Crippen molar-refractivity contribution in [2.75, 3.05) is 24.7 Å². The number of benzene rings is 1. The highest BCUT2D eigenvalue weighted by Crippen LogP contribution is 2.39. The molecule has 0 fully saturated rings. The third kappa shape index (κ3) is 8.55. The fourth-order valence-corrected chi connectivity index (χ4v) is 7.90. The van der Waals surface area contributed by atoms with Crippen LogP contribution < -0.4 is 4.90 Å². The SMILES string of the molecule is CC(=O)N(CC(O)O)c1c(I)c(C(=O)CCC(O)CO)c(I)c(C(=O)CCC(O)CO)c1I. The van der Waals surface area contributed by atoms with Crippen LogP contribution in [0.5, 0.6) is 0 Å². The van der Waals surface area contributed by atoms with Crippen LogP contribution in [-0.4, -0.2) is 86.4 Å². The van der Waals surface area contributed by atoms with Crippen molar-refractivity contribution in [2.45, 2.75) is 51.1 Å². The highest BCUT2D eigenvalue weighted by atomic mass is 127. The summed E-state index contributed by atoms with van der Waals surface area (Å²) in [5.74, 6) is -1.39. The molecule has 0 bridgehead atoms. The van der Waals surface area contributed by atoms with Crippen LogP contribution in [0.4, 0.5) is 5.69 Å². The van der Waals surface area contributed by atoms with Crippen LogP contribution in [0, 0.1) is 10.7 Å². The second-order valence-corrected chi connectivity index (χ2v) is 10.5. The summed E-state index contributed by atoms with van der Waals surface area (Å²) in [6.45, 7) is -0.300. The van der Waals surface area contributed by atoms with E-state index in [1.54, 1.807) is 0 Å². The molecule has 1 amide bonds. The molecule has 186 valence electrons. The van der Waals surface area contributed by atoms with Crippen molar-refractivity contribution in [2.24, 2.45) is 0 Å². The predicted octanol–water partition coefficient (Wildman–Crippen LogP) is 0.796. The quantitative estimate of drug-likeness (QED) is 0.0958. The van der Waals surface area contributed by atoms with E-state index in [0.29, 0.717) is 10.7 Å². The van der Waals surface area contributed by atoms with Crippen molar-refractivity contribution in [1.82, 2.24) is 0 Å². The molecular formula is C20H26I3NO9. The number of Topliss-reactive ketones (excluding diaryl/α,β-unsaturated/α-hetero) is 2. The summed E-state index contributed by atoms with van der Waals surface area (Å²) in [5, 5.41) is 56.3. The van der Waals surface area contributed by atoms with Crippen LogP contribution in [-0.2, 0) is 4.79 Å². The summed E-state index contributed by atoms with van der Waals surface area (Å²) in [7, 11) is 0. The number of carbonyl (C=O) groups excluding carboxylic acids is 3. The molecule has 0 aliphatic carbocycles. The average molecular weight is 805 g/mol. The number of aliphatic hydroxyl groups is 6. The first-order valence-electron chi connectivity index (χ1n) is 9.86. The molecule has 1 aromatic carbocycles. The van der Waals surface area contributed by atoms with Gasteiger partial charge in [-0.1, -0.05) is 0 Å². The van der Waals surface area contributed by atoms with Crippen molar-refractivity contribution in [3.63, 3.8) is 0 Å². The molecule has 33 heavy (non-hydrogen) atoms. The number of anilines is 1. The molecule has 0 heterocycles. The molecule has 2 atom stereocenters. The Bertz CT molecular complexity index is 826. The molecule has 2 unspecified atom stereocenters. The van der Waals surface area contributed by atoms with Crippen LogP contribution in [0.3, 0.4) is 0 Å². The number of amides is 1. The van der Waals surface area contributed by atoms with Gasteiger partial charge in [0.15, 0.2) is 17.9 Å². The Labute approximate surface area is 231 Å². The van der Waals surface area contributed by atoms with E-state index in [1.807, 2.05) is 67.8 Å². The highest BCUT2D eigenvalue weighted by molar-refractivity contribution is 14.1. The molecule has 6 N–H and O–H groups in total. The van der Waals surface area contributed by atoms with Gasteiger partial charge in [0.1, 0.15) is 0 Å². The number of ketones is 2. The van der Waals surface area contributed by atoms with Gasteiger partial charge in [-0.2, -0.15) is 0 Å². The Morgan fingerprint density at radius 3 is 1.48 bits per heavy atom. The van der Waals surface area contributed by atoms with Crippen molar-refractivity contribution in [3.8, 4) is 0 Å². The minimum absolute atomic E-state index is 0.0133. The molecule has 10 nitrogen and oxygen atoms in total. The number of carbonyl (C=O) groups is 3. The maximum absolute atomic E-state index is 13.1. The Kier molecular flexibility index (Phi) is 13.6. The van der Waals surface area contributed by atoms with E-state index in [-0.39, 0.29) is 42.5 Å². The number of rotatable bonds is 13. The van der Waals surface area contributed by atoms with E-state index in [9.17, 15) is 34.8 Å². The average Bonchev–Trinajstić information content (AvgIpc) is 2.74. The first-order chi connectivity index (χ1) is 15.4. The fourth-order valence-electron chi connectivity index (χ4n) is 2.95. The van der Waals surface area contributed by atoms with Gasteiger partial charge < -0.3 is 35.5 Å². The van der Waals surface area contributed by atoms with Crippen molar-refractivity contribution >= 4 is 90.9 Å². The van der Waals surface area contributed by atoms with Gasteiger partial charge in [0.2, 0.25) is 5.91 Å². The minimum Gasteiger partial charge on any atom is -0.394 e. The molecule has 1 rings (SSSR count). The molecule has 1 aromatic rings. The van der Waals surface area contributed by atoms with E-state index >= 15 is 0 Å². The third-order valence-electron chi connectivity index (χ3n) is 4.68. The Morgan fingerprint density at radius 2 is 1.18 bits per heavy atom. The highest BCUT2D eigenvalue weighted by Gasteiger charge is 2.31. The van der Waals surface area contributed by atoms with Crippen molar-refractivity contribution < 1.29 is 45.0 Å². The largest absolute Gasteiger partial charge is 0.394 e. The van der Waals surface area contributed by atoms with E-state index in [0.717, 1.165) is 4.90 Å². The van der Waals surface area contributed by atoms with Gasteiger partial charge in [-0.3, -0.25) is 14.4 Å². The monoisotopic (exact) mass is 805 g/mol. The maximum atomic E-state index is 13.1. The lowest BCUT2D eigenvalue weighted by Gasteiger charge is -2.28. The van der Waals surface area contributed by atoms with E-state index in [1.165, 1.54) is 6.92 Å². The van der Waals surface area contributed by atoms with Gasteiger partial charge in [-0.05, 0) is 80.6 Å². The molecular weight excluding hydrogens is 779 g/mol. The van der Waals surface area contributed by atoms with Gasteiger partial charge in [-0.25, -0.2) is 0 Å². The van der Waals surface area contributed by atoms with Crippen LogP contribution in [0.25, 0.3) is 0 Å². The zero-order chi connectivity index (χ0) is 25.5. The Balaban J connectivity index is 3.71. The van der Waals surface area contributed by atoms with Gasteiger partial charge in [0.05, 0.1) is 37.7 Å². The van der Waals surface area contributed by atoms with Gasteiger partial charge in [0, 0.05) is 41.6 Å². The second-order valence-electron chi connectivity index (χ2n) is 7.25. The predicted molar refractivity (Wildman–Crippen MR) is 144 cm³/mol. The zero-order valence-corrected chi connectivity index (χ0v) is 24.1. The number of nitrogens with zero attached hydrogens (tertiary/aromatic N) is 1. The molecule has 13 heteroatoms. The van der Waals surface area contributed by atoms with Crippen LogP contribution in [0.1, 0.15) is 53.3 Å². The molecule has 0 aliphatic rings. The molecule has 0 radical (unpaired) electrons. The first kappa shape index (κ1) is 31.0. The standard InChI is InChI=1S/C20H26I3NO9/c1-9(27)24(6-14(32)33)20-18(22)15(12(30)4-2-10(28)7-25)17(21)16(19(20)23)13(31)5-3-11(29)8-26/h10-11,14,25-26,28-29,32-33H,2-8H2,1H3. The summed E-state index contributed by atoms with van der Waals surface area (Å²) in [6, 6.07) is 0. The summed E-state index contributed by atoms with van der Waals surface area (Å²) in [5.41, 5.74) is 0.456. The fraction of sp³-hybridized carbons (Fsp3) is 0.550. The Morgan fingerprint density at radius 1 is 0.788 bits per heavy atom. The lowest BCUT2D eigenvalue weighted by molar-refractivity contribution is -0.118. The molecule has 0 saturated carbocycles. The first-order valence-corrected chi connectivity index (χ1v) is 13.1. The topological polar surface area (TPSA) is 176 Å². The Hall–Kier alpha value is -0.0200.